The molecule has 0 spiro atoms. The molecule has 0 aliphatic heterocycles. The third-order valence-electron chi connectivity index (χ3n) is 4.78. The van der Waals surface area contributed by atoms with Crippen molar-refractivity contribution in [2.45, 2.75) is 18.7 Å². The summed E-state index contributed by atoms with van der Waals surface area (Å²) in [5, 5.41) is 3.84. The van der Waals surface area contributed by atoms with E-state index in [9.17, 15) is 13.2 Å². The van der Waals surface area contributed by atoms with E-state index in [1.165, 1.54) is 30.5 Å². The Morgan fingerprint density at radius 3 is 2.42 bits per heavy atom. The molecule has 0 saturated carbocycles. The van der Waals surface area contributed by atoms with Crippen molar-refractivity contribution >= 4 is 38.9 Å². The summed E-state index contributed by atoms with van der Waals surface area (Å²) in [6, 6.07) is 13.8. The van der Waals surface area contributed by atoms with Gasteiger partial charge < -0.3 is 4.90 Å². The summed E-state index contributed by atoms with van der Waals surface area (Å²) >= 11 is 11.7. The van der Waals surface area contributed by atoms with Crippen molar-refractivity contribution in [3.05, 3.63) is 80.7 Å². The molecule has 1 heterocycles. The van der Waals surface area contributed by atoms with Crippen LogP contribution in [0.25, 0.3) is 5.69 Å². The van der Waals surface area contributed by atoms with E-state index in [0.717, 1.165) is 22.5 Å². The highest BCUT2D eigenvalue weighted by atomic mass is 35.5. The van der Waals surface area contributed by atoms with Crippen LogP contribution in [0.1, 0.15) is 12.5 Å². The molecule has 3 rings (SSSR count). The normalized spacial score (nSPS) is 11.5. The van der Waals surface area contributed by atoms with Gasteiger partial charge in [0.2, 0.25) is 10.0 Å². The topological polar surface area (TPSA) is 84.3 Å². The number of hydrogen-bond donors (Lipinski definition) is 1. The first kappa shape index (κ1) is 23.3. The smallest absolute Gasteiger partial charge is 0.291 e. The summed E-state index contributed by atoms with van der Waals surface area (Å²) in [7, 11) is -3.71. The lowest BCUT2D eigenvalue weighted by atomic mass is 10.2. The van der Waals surface area contributed by atoms with Crippen LogP contribution in [0.4, 0.5) is 5.69 Å². The molecule has 31 heavy (non-hydrogen) atoms. The molecule has 2 aromatic carbocycles. The lowest BCUT2D eigenvalue weighted by molar-refractivity contribution is 0.581. The molecule has 0 amide bonds. The van der Waals surface area contributed by atoms with E-state index in [1.54, 1.807) is 0 Å². The molecule has 0 saturated heterocycles. The first-order chi connectivity index (χ1) is 14.7. The maximum absolute atomic E-state index is 12.7. The largest absolute Gasteiger partial charge is 0.370 e. The Hall–Kier alpha value is -2.39. The Morgan fingerprint density at radius 2 is 1.77 bits per heavy atom. The highest BCUT2D eigenvalue weighted by Crippen LogP contribution is 2.19. The van der Waals surface area contributed by atoms with Crippen LogP contribution in [0.5, 0.6) is 0 Å². The third kappa shape index (κ3) is 5.27. The van der Waals surface area contributed by atoms with Crippen LogP contribution in [-0.4, -0.2) is 37.8 Å². The molecule has 3 aromatic rings. The predicted molar refractivity (Wildman–Crippen MR) is 124 cm³/mol. The van der Waals surface area contributed by atoms with Gasteiger partial charge in [-0.25, -0.2) is 13.1 Å². The van der Waals surface area contributed by atoms with Crippen molar-refractivity contribution in [3.63, 3.8) is 0 Å². The van der Waals surface area contributed by atoms with E-state index in [-0.39, 0.29) is 21.5 Å². The lowest BCUT2D eigenvalue weighted by Gasteiger charge is -2.25. The number of para-hydroxylation sites is 1. The number of sulfonamides is 1. The molecular formula is C21H22Cl2N4O3S. The van der Waals surface area contributed by atoms with Gasteiger partial charge in [0.1, 0.15) is 5.02 Å². The maximum atomic E-state index is 12.7. The fraction of sp³-hybridized carbons (Fsp3) is 0.238. The van der Waals surface area contributed by atoms with Crippen molar-refractivity contribution in [1.29, 1.82) is 0 Å². The maximum Gasteiger partial charge on any atom is 0.291 e. The number of rotatable bonds is 8. The number of hydrogen-bond acceptors (Lipinski definition) is 5. The Balaban J connectivity index is 1.70. The number of nitrogens with zero attached hydrogens (tertiary/aromatic N) is 3. The van der Waals surface area contributed by atoms with E-state index in [0.29, 0.717) is 12.2 Å². The van der Waals surface area contributed by atoms with Gasteiger partial charge >= 0.3 is 0 Å². The van der Waals surface area contributed by atoms with Gasteiger partial charge in [0.05, 0.1) is 21.8 Å². The average Bonchev–Trinajstić information content (AvgIpc) is 2.76. The molecule has 1 aromatic heterocycles. The molecule has 7 nitrogen and oxygen atoms in total. The number of aryl methyl sites for hydroxylation is 1. The van der Waals surface area contributed by atoms with Crippen LogP contribution in [0, 0.1) is 6.92 Å². The number of halogens is 2. The first-order valence-corrected chi connectivity index (χ1v) is 11.8. The van der Waals surface area contributed by atoms with Crippen molar-refractivity contribution in [2.24, 2.45) is 0 Å². The summed E-state index contributed by atoms with van der Waals surface area (Å²) < 4.78 is 29.0. The predicted octanol–water partition coefficient (Wildman–Crippen LogP) is 3.65. The summed E-state index contributed by atoms with van der Waals surface area (Å²) in [4.78, 5) is 14.4. The Kier molecular flexibility index (Phi) is 7.38. The van der Waals surface area contributed by atoms with Gasteiger partial charge in [-0.3, -0.25) is 4.79 Å². The van der Waals surface area contributed by atoms with Crippen LogP contribution in [-0.2, 0) is 10.0 Å². The van der Waals surface area contributed by atoms with Crippen molar-refractivity contribution in [3.8, 4) is 5.69 Å². The fourth-order valence-electron chi connectivity index (χ4n) is 3.13. The Bertz CT molecular complexity index is 1230. The second-order valence-corrected chi connectivity index (χ2v) is 9.33. The minimum absolute atomic E-state index is 0.0538. The summed E-state index contributed by atoms with van der Waals surface area (Å²) in [5.74, 6) is 0. The molecular weight excluding hydrogens is 459 g/mol. The number of likely N-dealkylation sites (N-methyl/N-ethyl adjacent to an activating group) is 1. The van der Waals surface area contributed by atoms with Crippen LogP contribution in [0.15, 0.2) is 64.4 Å². The number of nitrogens with one attached hydrogen (secondary N) is 1. The van der Waals surface area contributed by atoms with Gasteiger partial charge in [0.15, 0.2) is 0 Å². The first-order valence-electron chi connectivity index (χ1n) is 9.58. The van der Waals surface area contributed by atoms with Gasteiger partial charge in [-0.05, 0) is 49.7 Å². The molecule has 0 radical (unpaired) electrons. The lowest BCUT2D eigenvalue weighted by Crippen LogP contribution is -2.35. The second kappa shape index (κ2) is 9.82. The highest BCUT2D eigenvalue weighted by Gasteiger charge is 2.16. The summed E-state index contributed by atoms with van der Waals surface area (Å²) in [5.41, 5.74) is 2.00. The number of anilines is 1. The van der Waals surface area contributed by atoms with Crippen molar-refractivity contribution in [2.75, 3.05) is 24.5 Å². The van der Waals surface area contributed by atoms with Gasteiger partial charge in [0.25, 0.3) is 5.56 Å². The van der Waals surface area contributed by atoms with Crippen LogP contribution in [0.3, 0.4) is 0 Å². The van der Waals surface area contributed by atoms with Crippen molar-refractivity contribution < 1.29 is 8.42 Å². The molecule has 0 unspecified atom stereocenters. The van der Waals surface area contributed by atoms with Crippen molar-refractivity contribution in [1.82, 2.24) is 14.5 Å². The molecule has 164 valence electrons. The quantitative estimate of drug-likeness (QED) is 0.531. The molecule has 0 bridgehead atoms. The zero-order valence-electron chi connectivity index (χ0n) is 17.0. The summed E-state index contributed by atoms with van der Waals surface area (Å²) in [6.45, 7) is 5.59. The highest BCUT2D eigenvalue weighted by molar-refractivity contribution is 7.89. The number of aromatic nitrogens is 2. The van der Waals surface area contributed by atoms with E-state index >= 15 is 0 Å². The Labute approximate surface area is 191 Å². The van der Waals surface area contributed by atoms with Gasteiger partial charge in [0, 0.05) is 25.3 Å². The molecule has 0 fully saturated rings. The third-order valence-corrected chi connectivity index (χ3v) is 7.01. The standard InChI is InChI=1S/C21H22Cl2N4O3S/c1-3-26(19-7-5-4-6-15(19)2)13-12-25-31(29,30)17-10-8-16(9-11-17)27-21(28)20(23)18(22)14-24-27/h4-11,14,25H,3,12-13H2,1-2H3. The monoisotopic (exact) mass is 480 g/mol. The molecule has 0 aliphatic carbocycles. The molecule has 10 heteroatoms. The fourth-order valence-corrected chi connectivity index (χ4v) is 4.40. The molecule has 0 atom stereocenters. The molecule has 1 N–H and O–H groups in total. The van der Waals surface area contributed by atoms with E-state index in [1.807, 2.05) is 38.1 Å². The Morgan fingerprint density at radius 1 is 1.10 bits per heavy atom. The van der Waals surface area contributed by atoms with E-state index in [2.05, 4.69) is 14.7 Å². The van der Waals surface area contributed by atoms with E-state index in [4.69, 9.17) is 23.2 Å². The zero-order chi connectivity index (χ0) is 22.6. The molecule has 0 aliphatic rings. The van der Waals surface area contributed by atoms with Gasteiger partial charge in [-0.2, -0.15) is 9.78 Å². The van der Waals surface area contributed by atoms with Crippen LogP contribution >= 0.6 is 23.2 Å². The summed E-state index contributed by atoms with van der Waals surface area (Å²) in [6.07, 6.45) is 1.26. The van der Waals surface area contributed by atoms with E-state index < -0.39 is 15.6 Å². The zero-order valence-corrected chi connectivity index (χ0v) is 19.4. The van der Waals surface area contributed by atoms with Gasteiger partial charge in [-0.15, -0.1) is 0 Å². The second-order valence-electron chi connectivity index (χ2n) is 6.78. The van der Waals surface area contributed by atoms with Crippen LogP contribution < -0.4 is 15.2 Å². The van der Waals surface area contributed by atoms with Crippen LogP contribution in [0.2, 0.25) is 10.0 Å². The minimum atomic E-state index is -3.71. The minimum Gasteiger partial charge on any atom is -0.370 e. The number of benzene rings is 2. The van der Waals surface area contributed by atoms with Gasteiger partial charge in [-0.1, -0.05) is 41.4 Å². The SMILES string of the molecule is CCN(CCNS(=O)(=O)c1ccc(-n2ncc(Cl)c(Cl)c2=O)cc1)c1ccccc1C. The average molecular weight is 481 g/mol.